The normalized spacial score (nSPS) is 10.3. The molecule has 0 atom stereocenters. The second-order valence-electron chi connectivity index (χ2n) is 5.38. The van der Waals surface area contributed by atoms with E-state index in [1.165, 1.54) is 0 Å². The van der Waals surface area contributed by atoms with Crippen molar-refractivity contribution in [2.75, 3.05) is 6.61 Å². The molecule has 0 N–H and O–H groups in total. The van der Waals surface area contributed by atoms with Gasteiger partial charge in [0.1, 0.15) is 6.61 Å². The van der Waals surface area contributed by atoms with E-state index >= 15 is 0 Å². The van der Waals surface area contributed by atoms with E-state index in [2.05, 4.69) is 44.9 Å². The van der Waals surface area contributed by atoms with Crippen LogP contribution in [0.2, 0.25) is 0 Å². The molecule has 0 aliphatic carbocycles. The molecule has 5 nitrogen and oxygen atoms in total. The van der Waals surface area contributed by atoms with Gasteiger partial charge in [0.2, 0.25) is 0 Å². The summed E-state index contributed by atoms with van der Waals surface area (Å²) < 4.78 is 15.0. The van der Waals surface area contributed by atoms with Crippen LogP contribution < -0.4 is 0 Å². The topological polar surface area (TPSA) is 61.3 Å². The Morgan fingerprint density at radius 3 is 1.95 bits per heavy atom. The van der Waals surface area contributed by atoms with E-state index in [0.717, 1.165) is 17.1 Å². The van der Waals surface area contributed by atoms with Crippen molar-refractivity contribution in [2.24, 2.45) is 0 Å². The third kappa shape index (κ3) is 7.57. The summed E-state index contributed by atoms with van der Waals surface area (Å²) in [4.78, 5) is 0. The predicted octanol–water partition coefficient (Wildman–Crippen LogP) is 4.31. The van der Waals surface area contributed by atoms with Crippen molar-refractivity contribution in [3.63, 3.8) is 0 Å². The van der Waals surface area contributed by atoms with Crippen LogP contribution in [0, 0.1) is 6.92 Å². The van der Waals surface area contributed by atoms with Crippen molar-refractivity contribution >= 4 is 0 Å². The van der Waals surface area contributed by atoms with Crippen molar-refractivity contribution in [3.8, 4) is 0 Å². The van der Waals surface area contributed by atoms with Crippen molar-refractivity contribution in [2.45, 2.75) is 53.1 Å². The van der Waals surface area contributed by atoms with Crippen LogP contribution in [-0.2, 0) is 44.1 Å². The van der Waals surface area contributed by atoms with Crippen LogP contribution in [0.1, 0.15) is 69.4 Å². The van der Waals surface area contributed by atoms with Gasteiger partial charge in [0.15, 0.2) is 5.76 Å². The van der Waals surface area contributed by atoms with E-state index in [1.54, 1.807) is 0 Å². The molecule has 1 radical (unpaired) electrons. The summed E-state index contributed by atoms with van der Waals surface area (Å²) in [5.41, 5.74) is 1.96. The molecule has 0 fully saturated rings. The molecule has 2 heterocycles. The summed E-state index contributed by atoms with van der Waals surface area (Å²) in [6, 6.07) is 3.80. The first kappa shape index (κ1) is 21.4. The van der Waals surface area contributed by atoms with Gasteiger partial charge >= 0.3 is 0 Å². The minimum absolute atomic E-state index is 0. The maximum atomic E-state index is 5.18. The molecular formula is C16H25N2O3Y-. The van der Waals surface area contributed by atoms with E-state index in [-0.39, 0.29) is 32.7 Å². The van der Waals surface area contributed by atoms with Gasteiger partial charge in [0, 0.05) is 51.1 Å². The summed E-state index contributed by atoms with van der Waals surface area (Å²) in [7, 11) is 0. The van der Waals surface area contributed by atoms with Gasteiger partial charge in [-0.25, -0.2) is 6.92 Å². The van der Waals surface area contributed by atoms with E-state index in [4.69, 9.17) is 13.8 Å². The maximum Gasteiger partial charge on any atom is 0.162 e. The average molecular weight is 382 g/mol. The first-order valence-corrected chi connectivity index (χ1v) is 7.25. The fraction of sp³-hybridized carbons (Fsp3) is 0.562. The average Bonchev–Trinajstić information content (AvgIpc) is 3.06. The monoisotopic (exact) mass is 382 g/mol. The van der Waals surface area contributed by atoms with E-state index in [9.17, 15) is 0 Å². The first-order valence-electron chi connectivity index (χ1n) is 7.25. The molecule has 0 aliphatic rings. The van der Waals surface area contributed by atoms with Crippen LogP contribution >= 0.6 is 0 Å². The quantitative estimate of drug-likeness (QED) is 0.721. The Bertz CT molecular complexity index is 521. The number of hydrogen-bond donors (Lipinski definition) is 0. The van der Waals surface area contributed by atoms with Gasteiger partial charge in [0.05, 0.1) is 5.69 Å². The molecule has 2 rings (SSSR count). The molecule has 2 aromatic rings. The summed E-state index contributed by atoms with van der Waals surface area (Å²) in [6.07, 6.45) is 0. The van der Waals surface area contributed by atoms with Gasteiger partial charge in [-0.05, 0) is 24.5 Å². The molecule has 0 aromatic carbocycles. The third-order valence-electron chi connectivity index (χ3n) is 2.79. The molecule has 0 aliphatic heterocycles. The molecule has 0 amide bonds. The molecule has 0 spiro atoms. The molecule has 0 bridgehead atoms. The Kier molecular flexibility index (Phi) is 10.7. The summed E-state index contributed by atoms with van der Waals surface area (Å²) in [6.45, 7) is 15.1. The fourth-order valence-corrected chi connectivity index (χ4v) is 1.47. The smallest absolute Gasteiger partial charge is 0.162 e. The van der Waals surface area contributed by atoms with Crippen molar-refractivity contribution < 1.29 is 46.5 Å². The molecule has 2 aromatic heterocycles. The van der Waals surface area contributed by atoms with Crippen molar-refractivity contribution in [1.82, 2.24) is 10.3 Å². The summed E-state index contributed by atoms with van der Waals surface area (Å²) in [5, 5.41) is 7.69. The minimum atomic E-state index is 0. The number of aromatic nitrogens is 2. The molecule has 0 saturated carbocycles. The predicted molar refractivity (Wildman–Crippen MR) is 81.0 cm³/mol. The van der Waals surface area contributed by atoms with Crippen LogP contribution in [0.3, 0.4) is 0 Å². The summed E-state index contributed by atoms with van der Waals surface area (Å²) >= 11 is 0. The number of nitrogens with zero attached hydrogens (tertiary/aromatic N) is 2. The van der Waals surface area contributed by atoms with Crippen molar-refractivity contribution in [3.05, 3.63) is 42.0 Å². The Morgan fingerprint density at radius 1 is 1.05 bits per heavy atom. The van der Waals surface area contributed by atoms with Crippen LogP contribution in [0.5, 0.6) is 0 Å². The number of rotatable bonds is 5. The number of ether oxygens (including phenoxy) is 1. The first-order chi connectivity index (χ1) is 9.93. The number of hydrogen-bond acceptors (Lipinski definition) is 5. The van der Waals surface area contributed by atoms with E-state index in [0.29, 0.717) is 30.8 Å². The second kappa shape index (κ2) is 11.0. The zero-order valence-electron chi connectivity index (χ0n) is 14.1. The van der Waals surface area contributed by atoms with Gasteiger partial charge in [0.25, 0.3) is 0 Å². The SMILES string of the molecule is CCOCc1cc(C(C)C)no1.[CH2-]c1cc(C(C)C)no1.[Y]. The van der Waals surface area contributed by atoms with Crippen LogP contribution in [-0.4, -0.2) is 16.9 Å². The van der Waals surface area contributed by atoms with Crippen LogP contribution in [0.4, 0.5) is 0 Å². The maximum absolute atomic E-state index is 5.18. The Morgan fingerprint density at radius 2 is 1.59 bits per heavy atom. The summed E-state index contributed by atoms with van der Waals surface area (Å²) in [5.74, 6) is 2.30. The second-order valence-corrected chi connectivity index (χ2v) is 5.38. The van der Waals surface area contributed by atoms with Crippen LogP contribution in [0.15, 0.2) is 21.2 Å². The van der Waals surface area contributed by atoms with E-state index in [1.807, 2.05) is 19.1 Å². The standard InChI is InChI=1S/C9H15NO2.C7H10NO.Y/c1-4-11-6-8-5-9(7(2)3)10-12-8;1-5(2)7-4-6(3)9-8-7;/h5,7H,4,6H2,1-3H3;4-5H,3H2,1-2H3;/q;-1;. The fourth-order valence-electron chi connectivity index (χ4n) is 1.47. The van der Waals surface area contributed by atoms with Gasteiger partial charge in [-0.2, -0.15) is 0 Å². The van der Waals surface area contributed by atoms with Gasteiger partial charge in [-0.3, -0.25) is 0 Å². The zero-order chi connectivity index (χ0) is 15.8. The molecular weight excluding hydrogens is 357 g/mol. The molecule has 22 heavy (non-hydrogen) atoms. The molecule has 0 saturated heterocycles. The molecule has 0 unspecified atom stereocenters. The molecule has 121 valence electrons. The van der Waals surface area contributed by atoms with Crippen LogP contribution in [0.25, 0.3) is 0 Å². The third-order valence-corrected chi connectivity index (χ3v) is 2.79. The Hall–Kier alpha value is -0.646. The Labute approximate surface area is 158 Å². The van der Waals surface area contributed by atoms with Gasteiger partial charge < -0.3 is 13.8 Å². The van der Waals surface area contributed by atoms with Gasteiger partial charge in [-0.15, -0.1) is 11.2 Å². The van der Waals surface area contributed by atoms with Gasteiger partial charge in [-0.1, -0.05) is 32.9 Å². The van der Waals surface area contributed by atoms with E-state index < -0.39 is 0 Å². The zero-order valence-corrected chi connectivity index (χ0v) is 17.0. The minimum Gasteiger partial charge on any atom is -0.397 e. The molecule has 6 heteroatoms. The largest absolute Gasteiger partial charge is 0.397 e. The Balaban J connectivity index is 0.000000397. The van der Waals surface area contributed by atoms with Crippen molar-refractivity contribution in [1.29, 1.82) is 0 Å².